The number of benzene rings is 2. The quantitative estimate of drug-likeness (QED) is 0.0489. The number of hydrogen-bond donors (Lipinski definition) is 3. The van der Waals surface area contributed by atoms with Gasteiger partial charge in [-0.3, -0.25) is 13.9 Å². The number of carbonyl (C=O) groups excluding carboxylic acids is 1. The van der Waals surface area contributed by atoms with Crippen LogP contribution in [0.15, 0.2) is 120 Å². The molecule has 0 bridgehead atoms. The van der Waals surface area contributed by atoms with E-state index in [1.807, 2.05) is 36.4 Å². The number of nitrogens with zero attached hydrogens (tertiary/aromatic N) is 2. The molecule has 2 heterocycles. The number of fused-ring (bicyclic) bond motifs is 1. The number of nitrogens with one attached hydrogen (secondary N) is 2. The Hall–Kier alpha value is -4.19. The highest BCUT2D eigenvalue weighted by atomic mass is 32.2. The monoisotopic (exact) mass is 761 g/mol. The van der Waals surface area contributed by atoms with E-state index in [1.54, 1.807) is 6.07 Å². The molecule has 53 heavy (non-hydrogen) atoms. The van der Waals surface area contributed by atoms with Gasteiger partial charge in [-0.05, 0) is 62.5 Å². The zero-order valence-corrected chi connectivity index (χ0v) is 32.1. The SMILES string of the molecule is CC/C=C\C/C=C\C/C=C\C/C=C\C/C=C\CCCC(=O)NCCNP(=O)(OC[C@@H]1OC(n2ccc(N)nc2=O)CS1)Oc1cccc2ccccc12. The van der Waals surface area contributed by atoms with Crippen LogP contribution in [0.2, 0.25) is 0 Å². The topological polar surface area (TPSA) is 147 Å². The minimum atomic E-state index is -3.94. The van der Waals surface area contributed by atoms with Crippen molar-refractivity contribution < 1.29 is 23.1 Å². The van der Waals surface area contributed by atoms with Crippen LogP contribution in [0.4, 0.5) is 5.82 Å². The summed E-state index contributed by atoms with van der Waals surface area (Å²) in [6, 6.07) is 14.6. The summed E-state index contributed by atoms with van der Waals surface area (Å²) in [6.07, 6.45) is 29.4. The maximum atomic E-state index is 14.1. The van der Waals surface area contributed by atoms with E-state index in [0.29, 0.717) is 17.9 Å². The summed E-state index contributed by atoms with van der Waals surface area (Å²) in [5.41, 5.74) is 4.58. The third-order valence-corrected chi connectivity index (χ3v) is 10.6. The molecular formula is C40H52N5O6PS. The molecule has 1 aliphatic rings. The lowest BCUT2D eigenvalue weighted by molar-refractivity contribution is -0.121. The van der Waals surface area contributed by atoms with Crippen molar-refractivity contribution in [2.75, 3.05) is 31.2 Å². The van der Waals surface area contributed by atoms with Crippen molar-refractivity contribution in [3.05, 3.63) is 126 Å². The molecule has 0 spiro atoms. The van der Waals surface area contributed by atoms with Gasteiger partial charge in [0.2, 0.25) is 5.91 Å². The highest BCUT2D eigenvalue weighted by Crippen LogP contribution is 2.47. The van der Waals surface area contributed by atoms with Crippen LogP contribution in [0.1, 0.15) is 64.5 Å². The van der Waals surface area contributed by atoms with Crippen LogP contribution in [0.25, 0.3) is 10.8 Å². The summed E-state index contributed by atoms with van der Waals surface area (Å²) in [4.78, 5) is 28.5. The number of ether oxygens (including phenoxy) is 1. The van der Waals surface area contributed by atoms with E-state index in [2.05, 4.69) is 83.1 Å². The molecule has 1 amide bonds. The molecular weight excluding hydrogens is 710 g/mol. The van der Waals surface area contributed by atoms with E-state index in [-0.39, 0.29) is 31.4 Å². The first-order chi connectivity index (χ1) is 25.9. The Morgan fingerprint density at radius 1 is 0.962 bits per heavy atom. The van der Waals surface area contributed by atoms with Gasteiger partial charge in [-0.15, -0.1) is 11.8 Å². The Morgan fingerprint density at radius 3 is 2.36 bits per heavy atom. The Balaban J connectivity index is 1.17. The van der Waals surface area contributed by atoms with Crippen molar-refractivity contribution in [1.82, 2.24) is 20.0 Å². The lowest BCUT2D eigenvalue weighted by Crippen LogP contribution is -2.32. The van der Waals surface area contributed by atoms with Gasteiger partial charge in [-0.25, -0.2) is 14.4 Å². The zero-order valence-electron chi connectivity index (χ0n) is 30.4. The number of nitrogens with two attached hydrogens (primary N) is 1. The third-order valence-electron chi connectivity index (χ3n) is 7.93. The number of nitrogen functional groups attached to an aromatic ring is 1. The van der Waals surface area contributed by atoms with Crippen LogP contribution in [0, 0.1) is 0 Å². The number of anilines is 1. The number of aromatic nitrogens is 2. The van der Waals surface area contributed by atoms with E-state index in [9.17, 15) is 14.2 Å². The fraction of sp³-hybridized carbons (Fsp3) is 0.375. The average Bonchev–Trinajstić information content (AvgIpc) is 3.63. The van der Waals surface area contributed by atoms with Crippen molar-refractivity contribution in [3.8, 4) is 5.75 Å². The number of unbranched alkanes of at least 4 members (excludes halogenated alkanes) is 1. The average molecular weight is 762 g/mol. The molecule has 3 aromatic rings. The Labute approximate surface area is 317 Å². The summed E-state index contributed by atoms with van der Waals surface area (Å²) < 4.78 is 33.4. The number of rotatable bonds is 23. The van der Waals surface area contributed by atoms with Crippen LogP contribution in [-0.4, -0.2) is 46.3 Å². The van der Waals surface area contributed by atoms with Gasteiger partial charge in [-0.2, -0.15) is 4.98 Å². The van der Waals surface area contributed by atoms with Crippen LogP contribution < -0.4 is 26.4 Å². The van der Waals surface area contributed by atoms with Gasteiger partial charge in [0.15, 0.2) is 0 Å². The van der Waals surface area contributed by atoms with E-state index < -0.39 is 25.1 Å². The number of hydrogen-bond acceptors (Lipinski definition) is 9. The van der Waals surface area contributed by atoms with Gasteiger partial charge in [0.05, 0.1) is 6.61 Å². The molecule has 3 atom stereocenters. The predicted octanol–water partition coefficient (Wildman–Crippen LogP) is 8.40. The summed E-state index contributed by atoms with van der Waals surface area (Å²) in [5.74, 6) is 0.913. The molecule has 2 aromatic carbocycles. The molecule has 11 nitrogen and oxygen atoms in total. The maximum absolute atomic E-state index is 14.1. The fourth-order valence-electron chi connectivity index (χ4n) is 5.22. The van der Waals surface area contributed by atoms with Crippen LogP contribution in [0.5, 0.6) is 5.75 Å². The maximum Gasteiger partial charge on any atom is 0.458 e. The second-order valence-corrected chi connectivity index (χ2v) is 15.1. The fourth-order valence-corrected chi connectivity index (χ4v) is 7.66. The van der Waals surface area contributed by atoms with E-state index in [1.165, 1.54) is 28.6 Å². The second kappa shape index (κ2) is 23.5. The number of carbonyl (C=O) groups is 1. The lowest BCUT2D eigenvalue weighted by Gasteiger charge is -2.22. The smallest absolute Gasteiger partial charge is 0.413 e. The van der Waals surface area contributed by atoms with Crippen molar-refractivity contribution in [3.63, 3.8) is 0 Å². The Kier molecular flexibility index (Phi) is 18.4. The summed E-state index contributed by atoms with van der Waals surface area (Å²) >= 11 is 1.42. The molecule has 0 radical (unpaired) electrons. The normalized spacial score (nSPS) is 17.6. The largest absolute Gasteiger partial charge is 0.458 e. The van der Waals surface area contributed by atoms with E-state index >= 15 is 0 Å². The molecule has 13 heteroatoms. The van der Waals surface area contributed by atoms with Crippen molar-refractivity contribution in [2.24, 2.45) is 0 Å². The molecule has 1 saturated heterocycles. The van der Waals surface area contributed by atoms with Crippen LogP contribution in [-0.2, 0) is 18.6 Å². The van der Waals surface area contributed by atoms with Crippen LogP contribution >= 0.6 is 19.5 Å². The minimum Gasteiger partial charge on any atom is -0.413 e. The van der Waals surface area contributed by atoms with Gasteiger partial charge < -0.3 is 20.3 Å². The second-order valence-electron chi connectivity index (χ2n) is 12.1. The molecule has 0 saturated carbocycles. The standard InChI is InChI=1S/C40H52N5O6PS/c1-2-3-4-5-6-7-8-9-10-11-12-13-14-15-16-17-18-26-37(46)42-28-29-43-52(48,51-35-25-21-23-33-22-19-20-24-34(33)35)49-31-39-50-38(32-53-39)45-30-27-36(41)44-40(45)47/h3-4,6-7,9-10,12-13,15-16,19-25,27,30,38-39H,2,5,8,11,14,17-18,26,28-29,31-32H2,1H3,(H,42,46)(H,43,48)(H2,41,44,47)/b4-3-,7-6-,10-9-,13-12-,16-15-/t38?,39-,52?/m1/s1. The van der Waals surface area contributed by atoms with Crippen molar-refractivity contribution in [2.45, 2.75) is 70.0 Å². The lowest BCUT2D eigenvalue weighted by atomic mass is 10.1. The zero-order chi connectivity index (χ0) is 37.6. The number of allylic oxidation sites excluding steroid dienone is 10. The molecule has 0 aliphatic carbocycles. The molecule has 2 unspecified atom stereocenters. The van der Waals surface area contributed by atoms with E-state index in [0.717, 1.165) is 55.7 Å². The van der Waals surface area contributed by atoms with Gasteiger partial charge in [0.25, 0.3) is 0 Å². The van der Waals surface area contributed by atoms with Gasteiger partial charge in [0, 0.05) is 36.8 Å². The minimum absolute atomic E-state index is 0.0739. The number of thioether (sulfide) groups is 1. The molecule has 4 N–H and O–H groups in total. The first-order valence-electron chi connectivity index (χ1n) is 18.2. The first kappa shape index (κ1) is 41.6. The van der Waals surface area contributed by atoms with Crippen LogP contribution in [0.3, 0.4) is 0 Å². The molecule has 4 rings (SSSR count). The predicted molar refractivity (Wildman–Crippen MR) is 217 cm³/mol. The Morgan fingerprint density at radius 2 is 1.64 bits per heavy atom. The van der Waals surface area contributed by atoms with E-state index in [4.69, 9.17) is 19.5 Å². The highest BCUT2D eigenvalue weighted by Gasteiger charge is 2.33. The summed E-state index contributed by atoms with van der Waals surface area (Å²) in [5, 5.41) is 7.48. The molecule has 1 fully saturated rings. The van der Waals surface area contributed by atoms with Crippen molar-refractivity contribution >= 4 is 42.0 Å². The highest BCUT2D eigenvalue weighted by molar-refractivity contribution is 8.00. The third kappa shape index (κ3) is 15.4. The Bertz CT molecular complexity index is 1840. The number of amides is 1. The molecule has 284 valence electrons. The van der Waals surface area contributed by atoms with Crippen molar-refractivity contribution in [1.29, 1.82) is 0 Å². The molecule has 1 aliphatic heterocycles. The van der Waals surface area contributed by atoms with Gasteiger partial charge in [0.1, 0.15) is 23.2 Å². The van der Waals surface area contributed by atoms with Gasteiger partial charge in [-0.1, -0.05) is 104 Å². The van der Waals surface area contributed by atoms with Gasteiger partial charge >= 0.3 is 13.4 Å². The summed E-state index contributed by atoms with van der Waals surface area (Å²) in [7, 11) is -3.94. The first-order valence-corrected chi connectivity index (χ1v) is 20.8. The molecule has 1 aromatic heterocycles. The summed E-state index contributed by atoms with van der Waals surface area (Å²) in [6.45, 7) is 2.45.